The lowest BCUT2D eigenvalue weighted by molar-refractivity contribution is 0.0857. The maximum absolute atomic E-state index is 12.0. The highest BCUT2D eigenvalue weighted by Gasteiger charge is 2.23. The van der Waals surface area contributed by atoms with Crippen LogP contribution in [0.2, 0.25) is 0 Å². The molecule has 4 nitrogen and oxygen atoms in total. The minimum atomic E-state index is -0.419. The van der Waals surface area contributed by atoms with Gasteiger partial charge in [-0.15, -0.1) is 0 Å². The van der Waals surface area contributed by atoms with Crippen LogP contribution in [-0.2, 0) is 0 Å². The van der Waals surface area contributed by atoms with E-state index in [9.17, 15) is 4.79 Å². The summed E-state index contributed by atoms with van der Waals surface area (Å²) >= 11 is 0. The van der Waals surface area contributed by atoms with E-state index in [1.54, 1.807) is 0 Å². The van der Waals surface area contributed by atoms with Crippen LogP contribution >= 0.6 is 0 Å². The molecule has 0 aliphatic rings. The van der Waals surface area contributed by atoms with E-state index < -0.39 is 5.41 Å². The van der Waals surface area contributed by atoms with Crippen molar-refractivity contribution in [2.45, 2.75) is 48.0 Å². The van der Waals surface area contributed by atoms with Crippen LogP contribution in [0.4, 0.5) is 0 Å². The van der Waals surface area contributed by atoms with E-state index in [-0.39, 0.29) is 11.2 Å². The fourth-order valence-electron chi connectivity index (χ4n) is 1.39. The molecule has 106 valence electrons. The largest absolute Gasteiger partial charge is 0.463 e. The van der Waals surface area contributed by atoms with Gasteiger partial charge in [-0.2, -0.15) is 0 Å². The fourth-order valence-corrected chi connectivity index (χ4v) is 1.39. The van der Waals surface area contributed by atoms with Gasteiger partial charge in [0.1, 0.15) is 0 Å². The van der Waals surface area contributed by atoms with E-state index in [4.69, 9.17) is 4.74 Å². The predicted octanol–water partition coefficient (Wildman–Crippen LogP) is 3.52. The SMILES string of the molecule is CC(C)(C)CCOc1ncc(C(=O)C(C)(C)C)cn1. The zero-order valence-electron chi connectivity index (χ0n) is 12.8. The highest BCUT2D eigenvalue weighted by atomic mass is 16.5. The highest BCUT2D eigenvalue weighted by molar-refractivity contribution is 5.99. The van der Waals surface area contributed by atoms with Gasteiger partial charge in [0.2, 0.25) is 0 Å². The number of aromatic nitrogens is 2. The van der Waals surface area contributed by atoms with E-state index in [1.807, 2.05) is 20.8 Å². The molecule has 0 bridgehead atoms. The lowest BCUT2D eigenvalue weighted by atomic mass is 9.88. The molecule has 0 aliphatic heterocycles. The van der Waals surface area contributed by atoms with Crippen molar-refractivity contribution in [1.82, 2.24) is 9.97 Å². The Morgan fingerprint density at radius 1 is 1.11 bits per heavy atom. The summed E-state index contributed by atoms with van der Waals surface area (Å²) in [4.78, 5) is 20.2. The second-order valence-corrected chi connectivity index (χ2v) is 6.99. The maximum atomic E-state index is 12.0. The molecule has 19 heavy (non-hydrogen) atoms. The molecule has 0 N–H and O–H groups in total. The Morgan fingerprint density at radius 3 is 2.05 bits per heavy atom. The summed E-state index contributed by atoms with van der Waals surface area (Å²) in [7, 11) is 0. The summed E-state index contributed by atoms with van der Waals surface area (Å²) in [6.07, 6.45) is 4.00. The molecule has 0 unspecified atom stereocenters. The van der Waals surface area contributed by atoms with Gasteiger partial charge in [0, 0.05) is 17.8 Å². The molecule has 1 heterocycles. The van der Waals surface area contributed by atoms with Crippen LogP contribution in [-0.4, -0.2) is 22.4 Å². The van der Waals surface area contributed by atoms with Gasteiger partial charge >= 0.3 is 6.01 Å². The Labute approximate surface area is 115 Å². The van der Waals surface area contributed by atoms with Gasteiger partial charge in [0.15, 0.2) is 5.78 Å². The Balaban J connectivity index is 2.60. The van der Waals surface area contributed by atoms with Crippen molar-refractivity contribution in [2.75, 3.05) is 6.61 Å². The molecule has 0 radical (unpaired) electrons. The van der Waals surface area contributed by atoms with Crippen LogP contribution in [0.1, 0.15) is 58.3 Å². The summed E-state index contributed by atoms with van der Waals surface area (Å²) < 4.78 is 5.47. The second-order valence-electron chi connectivity index (χ2n) is 6.99. The number of carbonyl (C=O) groups is 1. The van der Waals surface area contributed by atoms with Gasteiger partial charge < -0.3 is 4.74 Å². The highest BCUT2D eigenvalue weighted by Crippen LogP contribution is 2.21. The summed E-state index contributed by atoms with van der Waals surface area (Å²) in [6.45, 7) is 12.7. The van der Waals surface area contributed by atoms with E-state index in [1.165, 1.54) is 12.4 Å². The van der Waals surface area contributed by atoms with Gasteiger partial charge in [-0.3, -0.25) is 4.79 Å². The molecule has 1 rings (SSSR count). The van der Waals surface area contributed by atoms with Gasteiger partial charge in [-0.25, -0.2) is 9.97 Å². The molecule has 0 fully saturated rings. The first-order valence-electron chi connectivity index (χ1n) is 6.59. The van der Waals surface area contributed by atoms with Crippen LogP contribution in [0.5, 0.6) is 6.01 Å². The molecule has 1 aromatic heterocycles. The van der Waals surface area contributed by atoms with Gasteiger partial charge in [-0.1, -0.05) is 41.5 Å². The summed E-state index contributed by atoms with van der Waals surface area (Å²) in [5, 5.41) is 0. The second kappa shape index (κ2) is 5.68. The topological polar surface area (TPSA) is 52.1 Å². The van der Waals surface area contributed by atoms with Crippen LogP contribution in [0.25, 0.3) is 0 Å². The number of rotatable bonds is 4. The smallest absolute Gasteiger partial charge is 0.316 e. The van der Waals surface area contributed by atoms with E-state index in [0.29, 0.717) is 18.2 Å². The molecule has 0 amide bonds. The molecule has 1 aromatic rings. The van der Waals surface area contributed by atoms with Crippen molar-refractivity contribution < 1.29 is 9.53 Å². The average molecular weight is 264 g/mol. The first kappa shape index (κ1) is 15.6. The number of hydrogen-bond donors (Lipinski definition) is 0. The minimum absolute atomic E-state index is 0.0359. The third kappa shape index (κ3) is 5.37. The number of nitrogens with zero attached hydrogens (tertiary/aromatic N) is 2. The number of ether oxygens (including phenoxy) is 1. The summed E-state index contributed by atoms with van der Waals surface area (Å²) in [5.41, 5.74) is 0.329. The number of hydrogen-bond acceptors (Lipinski definition) is 4. The number of Topliss-reactive ketones (excluding diaryl/α,β-unsaturated/α-hetero) is 1. The molecule has 0 aromatic carbocycles. The molecular weight excluding hydrogens is 240 g/mol. The minimum Gasteiger partial charge on any atom is -0.463 e. The number of ketones is 1. The molecule has 0 aliphatic carbocycles. The Bertz CT molecular complexity index is 425. The van der Waals surface area contributed by atoms with Crippen LogP contribution in [0.3, 0.4) is 0 Å². The molecule has 0 saturated carbocycles. The summed E-state index contributed by atoms with van der Waals surface area (Å²) in [5.74, 6) is 0.0359. The summed E-state index contributed by atoms with van der Waals surface area (Å²) in [6, 6.07) is 0.328. The standard InChI is InChI=1S/C15H24N2O2/c1-14(2,3)7-8-19-13-16-9-11(10-17-13)12(18)15(4,5)6/h9-10H,7-8H2,1-6H3. The quantitative estimate of drug-likeness (QED) is 0.781. The zero-order valence-corrected chi connectivity index (χ0v) is 12.8. The first-order chi connectivity index (χ1) is 8.59. The normalized spacial score (nSPS) is 12.3. The van der Waals surface area contributed by atoms with Gasteiger partial charge in [0.25, 0.3) is 0 Å². The van der Waals surface area contributed by atoms with Crippen molar-refractivity contribution >= 4 is 5.78 Å². The van der Waals surface area contributed by atoms with Crippen LogP contribution in [0, 0.1) is 10.8 Å². The van der Waals surface area contributed by atoms with Gasteiger partial charge in [0.05, 0.1) is 12.2 Å². The van der Waals surface area contributed by atoms with Crippen molar-refractivity contribution in [2.24, 2.45) is 10.8 Å². The van der Waals surface area contributed by atoms with Crippen molar-refractivity contribution in [3.63, 3.8) is 0 Å². The first-order valence-corrected chi connectivity index (χ1v) is 6.59. The molecule has 0 spiro atoms. The van der Waals surface area contributed by atoms with Crippen molar-refractivity contribution in [3.8, 4) is 6.01 Å². The third-order valence-corrected chi connectivity index (χ3v) is 2.65. The molecular formula is C15H24N2O2. The predicted molar refractivity (Wildman–Crippen MR) is 75.4 cm³/mol. The molecule has 4 heteroatoms. The van der Waals surface area contributed by atoms with E-state index in [0.717, 1.165) is 6.42 Å². The Morgan fingerprint density at radius 2 is 1.63 bits per heavy atom. The van der Waals surface area contributed by atoms with Crippen LogP contribution < -0.4 is 4.74 Å². The van der Waals surface area contributed by atoms with Crippen LogP contribution in [0.15, 0.2) is 12.4 Å². The monoisotopic (exact) mass is 264 g/mol. The average Bonchev–Trinajstić information content (AvgIpc) is 2.26. The Kier molecular flexibility index (Phi) is 4.66. The van der Waals surface area contributed by atoms with Crippen molar-refractivity contribution in [3.05, 3.63) is 18.0 Å². The third-order valence-electron chi connectivity index (χ3n) is 2.65. The fraction of sp³-hybridized carbons (Fsp3) is 0.667. The maximum Gasteiger partial charge on any atom is 0.316 e. The Hall–Kier alpha value is -1.45. The lowest BCUT2D eigenvalue weighted by Gasteiger charge is -2.18. The van der Waals surface area contributed by atoms with E-state index in [2.05, 4.69) is 30.7 Å². The number of carbonyl (C=O) groups excluding carboxylic acids is 1. The molecule has 0 atom stereocenters. The van der Waals surface area contributed by atoms with Crippen molar-refractivity contribution in [1.29, 1.82) is 0 Å². The van der Waals surface area contributed by atoms with Gasteiger partial charge in [-0.05, 0) is 11.8 Å². The lowest BCUT2D eigenvalue weighted by Crippen LogP contribution is -2.20. The zero-order chi connectivity index (χ0) is 14.7. The van der Waals surface area contributed by atoms with E-state index >= 15 is 0 Å². The molecule has 0 saturated heterocycles.